The Morgan fingerprint density at radius 1 is 1.19 bits per heavy atom. The van der Waals surface area contributed by atoms with Crippen LogP contribution in [0.2, 0.25) is 0 Å². The van der Waals surface area contributed by atoms with E-state index < -0.39 is 0 Å². The SMILES string of the molecule is CC(C)CC1CCCCN1C(=O)CCC1CCNCC1.Cl. The highest BCUT2D eigenvalue weighted by Crippen LogP contribution is 2.25. The summed E-state index contributed by atoms with van der Waals surface area (Å²) in [5.41, 5.74) is 0. The number of carbonyl (C=O) groups excluding carboxylic acids is 1. The summed E-state index contributed by atoms with van der Waals surface area (Å²) in [5.74, 6) is 1.89. The second kappa shape index (κ2) is 9.68. The van der Waals surface area contributed by atoms with Crippen molar-refractivity contribution >= 4 is 18.3 Å². The van der Waals surface area contributed by atoms with Gasteiger partial charge in [0.25, 0.3) is 0 Å². The zero-order chi connectivity index (χ0) is 14.4. The summed E-state index contributed by atoms with van der Waals surface area (Å²) in [6, 6.07) is 0.518. The second-order valence-corrected chi connectivity index (χ2v) is 7.10. The smallest absolute Gasteiger partial charge is 0.222 e. The minimum Gasteiger partial charge on any atom is -0.340 e. The van der Waals surface area contributed by atoms with Gasteiger partial charge in [-0.05, 0) is 69.9 Å². The summed E-state index contributed by atoms with van der Waals surface area (Å²) in [7, 11) is 0. The first-order chi connectivity index (χ1) is 9.66. The first-order valence-corrected chi connectivity index (χ1v) is 8.67. The van der Waals surface area contributed by atoms with Crippen LogP contribution in [0.5, 0.6) is 0 Å². The van der Waals surface area contributed by atoms with Gasteiger partial charge < -0.3 is 10.2 Å². The van der Waals surface area contributed by atoms with Crippen LogP contribution in [-0.2, 0) is 4.79 Å². The van der Waals surface area contributed by atoms with Gasteiger partial charge in [-0.3, -0.25) is 4.79 Å². The van der Waals surface area contributed by atoms with Gasteiger partial charge in [0, 0.05) is 19.0 Å². The highest BCUT2D eigenvalue weighted by Gasteiger charge is 2.27. The van der Waals surface area contributed by atoms with Crippen molar-refractivity contribution in [3.8, 4) is 0 Å². The third-order valence-corrected chi connectivity index (χ3v) is 4.92. The zero-order valence-electron chi connectivity index (χ0n) is 13.8. The predicted molar refractivity (Wildman–Crippen MR) is 90.9 cm³/mol. The normalized spacial score (nSPS) is 24.0. The van der Waals surface area contributed by atoms with Gasteiger partial charge in [-0.15, -0.1) is 12.4 Å². The number of hydrogen-bond donors (Lipinski definition) is 1. The van der Waals surface area contributed by atoms with Crippen LogP contribution in [-0.4, -0.2) is 36.5 Å². The van der Waals surface area contributed by atoms with E-state index in [1.54, 1.807) is 0 Å². The fourth-order valence-corrected chi connectivity index (χ4v) is 3.76. The summed E-state index contributed by atoms with van der Waals surface area (Å²) in [6.07, 6.45) is 9.29. The van der Waals surface area contributed by atoms with Gasteiger partial charge in [0.2, 0.25) is 5.91 Å². The highest BCUT2D eigenvalue weighted by molar-refractivity contribution is 5.85. The van der Waals surface area contributed by atoms with Crippen LogP contribution < -0.4 is 5.32 Å². The van der Waals surface area contributed by atoms with Crippen LogP contribution in [0.25, 0.3) is 0 Å². The molecule has 0 aromatic rings. The molecule has 2 saturated heterocycles. The van der Waals surface area contributed by atoms with E-state index in [-0.39, 0.29) is 12.4 Å². The van der Waals surface area contributed by atoms with E-state index in [0.717, 1.165) is 38.4 Å². The maximum absolute atomic E-state index is 12.5. The van der Waals surface area contributed by atoms with E-state index in [1.807, 2.05) is 0 Å². The van der Waals surface area contributed by atoms with E-state index in [2.05, 4.69) is 24.1 Å². The molecule has 0 spiro atoms. The molecule has 2 aliphatic heterocycles. The number of likely N-dealkylation sites (tertiary alicyclic amines) is 1. The number of amides is 1. The van der Waals surface area contributed by atoms with Gasteiger partial charge in [-0.2, -0.15) is 0 Å². The Morgan fingerprint density at radius 2 is 1.90 bits per heavy atom. The maximum Gasteiger partial charge on any atom is 0.222 e. The van der Waals surface area contributed by atoms with Crippen LogP contribution in [0.3, 0.4) is 0 Å². The van der Waals surface area contributed by atoms with E-state index >= 15 is 0 Å². The zero-order valence-corrected chi connectivity index (χ0v) is 14.6. The van der Waals surface area contributed by atoms with Crippen molar-refractivity contribution < 1.29 is 4.79 Å². The van der Waals surface area contributed by atoms with Crippen LogP contribution in [0.15, 0.2) is 0 Å². The Labute approximate surface area is 136 Å². The van der Waals surface area contributed by atoms with E-state index in [0.29, 0.717) is 17.9 Å². The molecule has 124 valence electrons. The first kappa shape index (κ1) is 18.8. The molecule has 1 unspecified atom stereocenters. The number of piperidine rings is 2. The summed E-state index contributed by atoms with van der Waals surface area (Å²) in [4.78, 5) is 14.8. The average molecular weight is 317 g/mol. The third kappa shape index (κ3) is 6.15. The summed E-state index contributed by atoms with van der Waals surface area (Å²) >= 11 is 0. The summed E-state index contributed by atoms with van der Waals surface area (Å²) in [5, 5.41) is 3.40. The van der Waals surface area contributed by atoms with Crippen molar-refractivity contribution in [3.05, 3.63) is 0 Å². The number of carbonyl (C=O) groups is 1. The number of nitrogens with one attached hydrogen (secondary N) is 1. The minimum absolute atomic E-state index is 0. The number of hydrogen-bond acceptors (Lipinski definition) is 2. The van der Waals surface area contributed by atoms with E-state index in [4.69, 9.17) is 0 Å². The van der Waals surface area contributed by atoms with Gasteiger partial charge in [0.05, 0.1) is 0 Å². The second-order valence-electron chi connectivity index (χ2n) is 7.10. The van der Waals surface area contributed by atoms with Gasteiger partial charge in [0.1, 0.15) is 0 Å². The molecular formula is C17H33ClN2O. The lowest BCUT2D eigenvalue weighted by molar-refractivity contribution is -0.135. The van der Waals surface area contributed by atoms with Gasteiger partial charge in [0.15, 0.2) is 0 Å². The first-order valence-electron chi connectivity index (χ1n) is 8.67. The minimum atomic E-state index is 0. The summed E-state index contributed by atoms with van der Waals surface area (Å²) in [6.45, 7) is 7.82. The van der Waals surface area contributed by atoms with Crippen LogP contribution in [0.1, 0.15) is 65.2 Å². The molecule has 21 heavy (non-hydrogen) atoms. The third-order valence-electron chi connectivity index (χ3n) is 4.92. The van der Waals surface area contributed by atoms with E-state index in [1.165, 1.54) is 38.5 Å². The Bertz CT molecular complexity index is 303. The average Bonchev–Trinajstić information content (AvgIpc) is 2.46. The van der Waals surface area contributed by atoms with Gasteiger partial charge in [-0.1, -0.05) is 13.8 Å². The van der Waals surface area contributed by atoms with Gasteiger partial charge >= 0.3 is 0 Å². The lowest BCUT2D eigenvalue weighted by atomic mass is 9.91. The summed E-state index contributed by atoms with van der Waals surface area (Å²) < 4.78 is 0. The largest absolute Gasteiger partial charge is 0.340 e. The molecular weight excluding hydrogens is 284 g/mol. The van der Waals surface area contributed by atoms with Crippen molar-refractivity contribution in [2.75, 3.05) is 19.6 Å². The topological polar surface area (TPSA) is 32.3 Å². The van der Waals surface area contributed by atoms with Crippen molar-refractivity contribution in [1.29, 1.82) is 0 Å². The molecule has 2 heterocycles. The Morgan fingerprint density at radius 3 is 2.57 bits per heavy atom. The van der Waals surface area contributed by atoms with E-state index in [9.17, 15) is 4.79 Å². The molecule has 1 N–H and O–H groups in total. The lowest BCUT2D eigenvalue weighted by Crippen LogP contribution is -2.44. The molecule has 0 bridgehead atoms. The van der Waals surface area contributed by atoms with Crippen molar-refractivity contribution in [2.45, 2.75) is 71.3 Å². The van der Waals surface area contributed by atoms with Gasteiger partial charge in [-0.25, -0.2) is 0 Å². The maximum atomic E-state index is 12.5. The molecule has 1 amide bonds. The van der Waals surface area contributed by atoms with Crippen LogP contribution in [0, 0.1) is 11.8 Å². The predicted octanol–water partition coefficient (Wildman–Crippen LogP) is 3.62. The van der Waals surface area contributed by atoms with Crippen LogP contribution >= 0.6 is 12.4 Å². The Balaban J connectivity index is 0.00000220. The quantitative estimate of drug-likeness (QED) is 0.840. The molecule has 0 aromatic carbocycles. The molecule has 0 saturated carbocycles. The monoisotopic (exact) mass is 316 g/mol. The molecule has 2 aliphatic rings. The fraction of sp³-hybridized carbons (Fsp3) is 0.941. The molecule has 4 heteroatoms. The molecule has 1 atom stereocenters. The standard InChI is InChI=1S/C17H32N2O.ClH/c1-14(2)13-16-5-3-4-12-19(16)17(20)7-6-15-8-10-18-11-9-15;/h14-16,18H,3-13H2,1-2H3;1H. The molecule has 0 aromatic heterocycles. The van der Waals surface area contributed by atoms with Crippen LogP contribution in [0.4, 0.5) is 0 Å². The highest BCUT2D eigenvalue weighted by atomic mass is 35.5. The Kier molecular flexibility index (Phi) is 8.65. The molecule has 0 radical (unpaired) electrons. The number of halogens is 1. The molecule has 3 nitrogen and oxygen atoms in total. The number of rotatable bonds is 5. The lowest BCUT2D eigenvalue weighted by Gasteiger charge is -2.37. The van der Waals surface area contributed by atoms with Crippen molar-refractivity contribution in [1.82, 2.24) is 10.2 Å². The van der Waals surface area contributed by atoms with Crippen molar-refractivity contribution in [3.63, 3.8) is 0 Å². The fourth-order valence-electron chi connectivity index (χ4n) is 3.76. The molecule has 2 fully saturated rings. The molecule has 0 aliphatic carbocycles. The van der Waals surface area contributed by atoms with Crippen molar-refractivity contribution in [2.24, 2.45) is 11.8 Å². The molecule has 2 rings (SSSR count). The number of nitrogens with zero attached hydrogens (tertiary/aromatic N) is 1. The Hall–Kier alpha value is -0.280.